The molecule has 0 saturated carbocycles. The lowest BCUT2D eigenvalue weighted by Crippen LogP contribution is -2.05. The third-order valence-corrected chi connectivity index (χ3v) is 1.79. The molecule has 0 fully saturated rings. The monoisotopic (exact) mass is 239 g/mol. The van der Waals surface area contributed by atoms with Gasteiger partial charge >= 0.3 is 0 Å². The van der Waals surface area contributed by atoms with Crippen molar-refractivity contribution in [1.29, 1.82) is 0 Å². The maximum Gasteiger partial charge on any atom is 0.281 e. The zero-order valence-corrected chi connectivity index (χ0v) is 8.19. The summed E-state index contributed by atoms with van der Waals surface area (Å²) >= 11 is 5.00. The first kappa shape index (κ1) is 11.8. The van der Waals surface area contributed by atoms with Crippen LogP contribution in [0.5, 0.6) is 5.88 Å². The van der Waals surface area contributed by atoms with Gasteiger partial charge in [-0.1, -0.05) is 0 Å². The number of ether oxygens (including phenoxy) is 1. The molecule has 1 heterocycles. The molecule has 1 rings (SSSR count). The number of nitrogens with zero attached hydrogens (tertiary/aromatic N) is 1. The molecule has 0 aromatic carbocycles. The molecule has 82 valence electrons. The van der Waals surface area contributed by atoms with E-state index in [0.29, 0.717) is 6.07 Å². The fourth-order valence-electron chi connectivity index (χ4n) is 0.952. The topological polar surface area (TPSA) is 39.2 Å². The Morgan fingerprint density at radius 3 is 2.60 bits per heavy atom. The molecule has 0 bridgehead atoms. The van der Waals surface area contributed by atoms with E-state index in [2.05, 4.69) is 9.72 Å². The number of carbonyl (C=O) groups excluding carboxylic acids is 1. The van der Waals surface area contributed by atoms with Crippen LogP contribution in [0.25, 0.3) is 0 Å². The fourth-order valence-corrected chi connectivity index (χ4v) is 1.10. The van der Waals surface area contributed by atoms with Crippen LogP contribution >= 0.6 is 11.6 Å². The summed E-state index contributed by atoms with van der Waals surface area (Å²) in [5.74, 6) is -1.63. The van der Waals surface area contributed by atoms with Gasteiger partial charge < -0.3 is 4.74 Å². The van der Waals surface area contributed by atoms with E-state index >= 15 is 0 Å². The Kier molecular flexibility index (Phi) is 3.52. The quantitative estimate of drug-likeness (QED) is 0.761. The molecule has 0 aliphatic rings. The van der Waals surface area contributed by atoms with Crippen LogP contribution in [0.1, 0.15) is 22.5 Å². The van der Waals surface area contributed by atoms with Crippen molar-refractivity contribution in [3.8, 4) is 5.88 Å². The van der Waals surface area contributed by atoms with Gasteiger partial charge in [0.05, 0.1) is 12.7 Å². The third-order valence-electron chi connectivity index (χ3n) is 1.59. The number of rotatable bonds is 3. The van der Waals surface area contributed by atoms with Crippen molar-refractivity contribution in [2.24, 2.45) is 0 Å². The van der Waals surface area contributed by atoms with E-state index in [1.165, 1.54) is 0 Å². The van der Waals surface area contributed by atoms with Crippen LogP contribution in [0, 0.1) is 5.82 Å². The summed E-state index contributed by atoms with van der Waals surface area (Å²) in [5, 5.41) is -1.20. The molecule has 0 amide bonds. The third kappa shape index (κ3) is 2.38. The van der Waals surface area contributed by atoms with E-state index in [0.717, 1.165) is 7.11 Å². The van der Waals surface area contributed by atoms with Crippen molar-refractivity contribution >= 4 is 16.8 Å². The first-order chi connectivity index (χ1) is 6.97. The average molecular weight is 240 g/mol. The molecule has 3 nitrogen and oxygen atoms in total. The van der Waals surface area contributed by atoms with E-state index in [-0.39, 0.29) is 0 Å². The van der Waals surface area contributed by atoms with Crippen molar-refractivity contribution in [2.75, 3.05) is 7.11 Å². The van der Waals surface area contributed by atoms with Gasteiger partial charge in [-0.15, -0.1) is 0 Å². The maximum absolute atomic E-state index is 13.0. The molecule has 0 atom stereocenters. The van der Waals surface area contributed by atoms with Crippen LogP contribution in [0.4, 0.5) is 13.2 Å². The zero-order chi connectivity index (χ0) is 11.6. The molecular weight excluding hydrogens is 235 g/mol. The van der Waals surface area contributed by atoms with Gasteiger partial charge in [0.25, 0.3) is 17.5 Å². The van der Waals surface area contributed by atoms with Crippen LogP contribution in [-0.2, 0) is 0 Å². The molecule has 7 heteroatoms. The van der Waals surface area contributed by atoms with Crippen LogP contribution in [-0.4, -0.2) is 17.3 Å². The van der Waals surface area contributed by atoms with Crippen molar-refractivity contribution in [3.63, 3.8) is 0 Å². The molecule has 0 unspecified atom stereocenters. The Bertz CT molecular complexity index is 398. The van der Waals surface area contributed by atoms with Gasteiger partial charge in [0, 0.05) is 0 Å². The predicted molar refractivity (Wildman–Crippen MR) is 45.9 cm³/mol. The molecule has 15 heavy (non-hydrogen) atoms. The molecular formula is C8H5ClF3NO2. The Hall–Kier alpha value is -1.30. The highest BCUT2D eigenvalue weighted by atomic mass is 35.5. The minimum Gasteiger partial charge on any atom is -0.479 e. The van der Waals surface area contributed by atoms with E-state index in [9.17, 15) is 18.0 Å². The molecule has 0 spiro atoms. The molecule has 1 aromatic rings. The SMILES string of the molecule is COc1nc(C(F)F)c(C(=O)Cl)cc1F. The average Bonchev–Trinajstić information content (AvgIpc) is 2.16. The summed E-state index contributed by atoms with van der Waals surface area (Å²) in [6, 6.07) is 0.572. The molecule has 0 aliphatic carbocycles. The van der Waals surface area contributed by atoms with Crippen LogP contribution < -0.4 is 4.74 Å². The summed E-state index contributed by atoms with van der Waals surface area (Å²) in [6.07, 6.45) is -3.03. The Morgan fingerprint density at radius 2 is 2.20 bits per heavy atom. The van der Waals surface area contributed by atoms with Gasteiger partial charge in [-0.2, -0.15) is 0 Å². The van der Waals surface area contributed by atoms with E-state index in [4.69, 9.17) is 11.6 Å². The first-order valence-corrected chi connectivity index (χ1v) is 4.07. The maximum atomic E-state index is 13.0. The van der Waals surface area contributed by atoms with Crippen LogP contribution in [0.3, 0.4) is 0 Å². The van der Waals surface area contributed by atoms with E-state index < -0.39 is 34.6 Å². The Balaban J connectivity index is 3.38. The highest BCUT2D eigenvalue weighted by Gasteiger charge is 2.22. The number of hydrogen-bond donors (Lipinski definition) is 0. The summed E-state index contributed by atoms with van der Waals surface area (Å²) in [7, 11) is 1.07. The highest BCUT2D eigenvalue weighted by Crippen LogP contribution is 2.26. The van der Waals surface area contributed by atoms with Crippen molar-refractivity contribution in [3.05, 3.63) is 23.1 Å². The summed E-state index contributed by atoms with van der Waals surface area (Å²) in [4.78, 5) is 13.9. The second-order valence-electron chi connectivity index (χ2n) is 2.49. The second kappa shape index (κ2) is 4.48. The smallest absolute Gasteiger partial charge is 0.281 e. The number of halogens is 4. The van der Waals surface area contributed by atoms with Gasteiger partial charge in [0.1, 0.15) is 5.69 Å². The summed E-state index contributed by atoms with van der Waals surface area (Å²) < 4.78 is 42.2. The van der Waals surface area contributed by atoms with Crippen molar-refractivity contribution < 1.29 is 22.7 Å². The van der Waals surface area contributed by atoms with Crippen molar-refractivity contribution in [1.82, 2.24) is 4.98 Å². The lowest BCUT2D eigenvalue weighted by atomic mass is 10.2. The lowest BCUT2D eigenvalue weighted by molar-refractivity contribution is 0.106. The number of alkyl halides is 2. The van der Waals surface area contributed by atoms with Gasteiger partial charge in [0.15, 0.2) is 5.82 Å². The van der Waals surface area contributed by atoms with Gasteiger partial charge in [-0.3, -0.25) is 4.79 Å². The van der Waals surface area contributed by atoms with Gasteiger partial charge in [-0.25, -0.2) is 18.2 Å². The number of aromatic nitrogens is 1. The summed E-state index contributed by atoms with van der Waals surface area (Å²) in [5.41, 5.74) is -1.56. The van der Waals surface area contributed by atoms with Crippen molar-refractivity contribution in [2.45, 2.75) is 6.43 Å². The van der Waals surface area contributed by atoms with Crippen LogP contribution in [0.15, 0.2) is 6.07 Å². The fraction of sp³-hybridized carbons (Fsp3) is 0.250. The highest BCUT2D eigenvalue weighted by molar-refractivity contribution is 6.67. The standard InChI is InChI=1S/C8H5ClF3NO2/c1-15-8-4(10)2-3(6(9)14)5(13-8)7(11)12/h2,7H,1H3. The summed E-state index contributed by atoms with van der Waals surface area (Å²) in [6.45, 7) is 0. The zero-order valence-electron chi connectivity index (χ0n) is 7.43. The lowest BCUT2D eigenvalue weighted by Gasteiger charge is -2.07. The molecule has 0 saturated heterocycles. The molecule has 0 radical (unpaired) electrons. The Labute approximate surface area is 87.8 Å². The number of carbonyl (C=O) groups is 1. The Morgan fingerprint density at radius 1 is 1.60 bits per heavy atom. The number of pyridine rings is 1. The van der Waals surface area contributed by atoms with E-state index in [1.54, 1.807) is 0 Å². The van der Waals surface area contributed by atoms with E-state index in [1.807, 2.05) is 0 Å². The largest absolute Gasteiger partial charge is 0.479 e. The molecule has 0 N–H and O–H groups in total. The second-order valence-corrected chi connectivity index (χ2v) is 2.83. The predicted octanol–water partition coefficient (Wildman–Crippen LogP) is 2.55. The number of hydrogen-bond acceptors (Lipinski definition) is 3. The normalized spacial score (nSPS) is 10.5. The molecule has 0 aliphatic heterocycles. The van der Waals surface area contributed by atoms with Crippen LogP contribution in [0.2, 0.25) is 0 Å². The van der Waals surface area contributed by atoms with Gasteiger partial charge in [0.2, 0.25) is 0 Å². The first-order valence-electron chi connectivity index (χ1n) is 3.69. The minimum atomic E-state index is -3.03. The minimum absolute atomic E-state index is 0.572. The molecule has 1 aromatic heterocycles. The number of methoxy groups -OCH3 is 1. The van der Waals surface area contributed by atoms with Gasteiger partial charge in [-0.05, 0) is 17.7 Å².